The van der Waals surface area contributed by atoms with E-state index in [1.807, 2.05) is 20.8 Å². The highest BCUT2D eigenvalue weighted by molar-refractivity contribution is 8.32. The molecule has 1 unspecified atom stereocenters. The van der Waals surface area contributed by atoms with Crippen molar-refractivity contribution in [2.24, 2.45) is 17.8 Å². The Kier molecular flexibility index (Phi) is 9.17. The summed E-state index contributed by atoms with van der Waals surface area (Å²) in [6.45, 7) is 7.27. The van der Waals surface area contributed by atoms with E-state index in [1.54, 1.807) is 27.8 Å². The van der Waals surface area contributed by atoms with Crippen molar-refractivity contribution in [2.75, 3.05) is 36.4 Å². The molecule has 3 N–H and O–H groups in total. The van der Waals surface area contributed by atoms with Crippen LogP contribution in [0.5, 0.6) is 5.75 Å². The van der Waals surface area contributed by atoms with Crippen LogP contribution >= 0.6 is 10.0 Å². The lowest BCUT2D eigenvalue weighted by molar-refractivity contribution is -0.119. The SMILES string of the molecule is CCn1nccc1C(=O)NC(C(=O)Nc1cnc(-c2c(C)nn(COCCS(C)(C)C)c2C)c(O)c1)C(C1CC1)C1CC1. The minimum absolute atomic E-state index is 0.0610. The topological polar surface area (TPSA) is 136 Å². The average Bonchev–Trinajstić information content (AvgIpc) is 3.88. The first-order chi connectivity index (χ1) is 20.5. The number of hydrogen-bond donors (Lipinski definition) is 3. The molecule has 3 aromatic heterocycles. The fourth-order valence-electron chi connectivity index (χ4n) is 5.78. The van der Waals surface area contributed by atoms with Crippen molar-refractivity contribution in [3.05, 3.63) is 41.6 Å². The zero-order valence-corrected chi connectivity index (χ0v) is 26.9. The van der Waals surface area contributed by atoms with Crippen molar-refractivity contribution in [1.29, 1.82) is 0 Å². The molecule has 0 radical (unpaired) electrons. The van der Waals surface area contributed by atoms with Crippen LogP contribution in [0.1, 0.15) is 54.5 Å². The number of rotatable bonds is 14. The van der Waals surface area contributed by atoms with Gasteiger partial charge >= 0.3 is 0 Å². The van der Waals surface area contributed by atoms with Crippen LogP contribution in [0, 0.1) is 31.6 Å². The van der Waals surface area contributed by atoms with Gasteiger partial charge in [0.15, 0.2) is 0 Å². The highest BCUT2D eigenvalue weighted by atomic mass is 32.3. The van der Waals surface area contributed by atoms with Gasteiger partial charge < -0.3 is 20.5 Å². The van der Waals surface area contributed by atoms with E-state index in [0.29, 0.717) is 48.8 Å². The third-order valence-electron chi connectivity index (χ3n) is 8.34. The molecular formula is C31H45N7O4S. The van der Waals surface area contributed by atoms with Gasteiger partial charge in [-0.15, -0.1) is 0 Å². The summed E-state index contributed by atoms with van der Waals surface area (Å²) in [7, 11) is -0.637. The van der Waals surface area contributed by atoms with Gasteiger partial charge in [-0.3, -0.25) is 19.3 Å². The highest BCUT2D eigenvalue weighted by Gasteiger charge is 2.48. The molecule has 0 aromatic carbocycles. The minimum Gasteiger partial charge on any atom is -0.506 e. The number of carbonyl (C=O) groups excluding carboxylic acids is 2. The summed E-state index contributed by atoms with van der Waals surface area (Å²) >= 11 is 0. The van der Waals surface area contributed by atoms with Gasteiger partial charge in [0.2, 0.25) is 5.91 Å². The molecule has 0 aliphatic heterocycles. The Morgan fingerprint density at radius 2 is 1.84 bits per heavy atom. The Bertz CT molecular complexity index is 1460. The van der Waals surface area contributed by atoms with E-state index in [0.717, 1.165) is 48.4 Å². The Labute approximate surface area is 255 Å². The van der Waals surface area contributed by atoms with Crippen LogP contribution in [0.15, 0.2) is 24.5 Å². The fraction of sp³-hybridized carbons (Fsp3) is 0.581. The molecule has 2 aliphatic rings. The number of amides is 2. The first kappa shape index (κ1) is 31.1. The number of ether oxygens (including phenoxy) is 1. The van der Waals surface area contributed by atoms with Gasteiger partial charge in [-0.1, -0.05) is 0 Å². The maximum Gasteiger partial charge on any atom is 0.270 e. The maximum atomic E-state index is 13.8. The first-order valence-electron chi connectivity index (χ1n) is 15.1. The molecule has 12 heteroatoms. The van der Waals surface area contributed by atoms with Crippen LogP contribution in [0.4, 0.5) is 5.69 Å². The number of nitrogens with zero attached hydrogens (tertiary/aromatic N) is 5. The summed E-state index contributed by atoms with van der Waals surface area (Å²) < 4.78 is 9.29. The van der Waals surface area contributed by atoms with Crippen molar-refractivity contribution < 1.29 is 19.4 Å². The average molecular weight is 612 g/mol. The zero-order valence-electron chi connectivity index (χ0n) is 26.1. The van der Waals surface area contributed by atoms with Gasteiger partial charge in [0.25, 0.3) is 5.91 Å². The summed E-state index contributed by atoms with van der Waals surface area (Å²) in [4.78, 5) is 31.6. The van der Waals surface area contributed by atoms with Crippen LogP contribution < -0.4 is 10.6 Å². The molecule has 3 heterocycles. The second-order valence-electron chi connectivity index (χ2n) is 12.7. The van der Waals surface area contributed by atoms with Crippen LogP contribution in [0.3, 0.4) is 0 Å². The molecule has 2 amide bonds. The van der Waals surface area contributed by atoms with E-state index >= 15 is 0 Å². The highest BCUT2D eigenvalue weighted by Crippen LogP contribution is 2.51. The molecule has 0 bridgehead atoms. The zero-order chi connectivity index (χ0) is 30.9. The molecule has 11 nitrogen and oxygen atoms in total. The molecular weight excluding hydrogens is 566 g/mol. The Morgan fingerprint density at radius 1 is 1.14 bits per heavy atom. The van der Waals surface area contributed by atoms with E-state index in [2.05, 4.69) is 44.6 Å². The van der Waals surface area contributed by atoms with E-state index in [1.165, 1.54) is 6.07 Å². The van der Waals surface area contributed by atoms with Crippen molar-refractivity contribution in [2.45, 2.75) is 65.8 Å². The lowest BCUT2D eigenvalue weighted by atomic mass is 9.88. The number of nitrogens with one attached hydrogen (secondary N) is 2. The van der Waals surface area contributed by atoms with Gasteiger partial charge in [-0.05, 0) is 89.0 Å². The van der Waals surface area contributed by atoms with E-state index in [-0.39, 0.29) is 23.5 Å². The molecule has 2 aliphatic carbocycles. The lowest BCUT2D eigenvalue weighted by Gasteiger charge is -2.27. The van der Waals surface area contributed by atoms with Crippen LogP contribution in [-0.2, 0) is 22.8 Å². The second kappa shape index (κ2) is 12.7. The van der Waals surface area contributed by atoms with E-state index < -0.39 is 16.1 Å². The van der Waals surface area contributed by atoms with Crippen LogP contribution in [0.25, 0.3) is 11.3 Å². The summed E-state index contributed by atoms with van der Waals surface area (Å²) in [5, 5.41) is 25.8. The lowest BCUT2D eigenvalue weighted by Crippen LogP contribution is -2.50. The number of hydrogen-bond acceptors (Lipinski definition) is 7. The molecule has 5 rings (SSSR count). The van der Waals surface area contributed by atoms with Gasteiger partial charge in [-0.2, -0.15) is 10.2 Å². The molecule has 1 atom stereocenters. The molecule has 0 spiro atoms. The minimum atomic E-state index is -0.697. The predicted octanol–water partition coefficient (Wildman–Crippen LogP) is 4.33. The molecule has 234 valence electrons. The Hall–Kier alpha value is -3.38. The summed E-state index contributed by atoms with van der Waals surface area (Å²) in [5.74, 6) is 1.27. The summed E-state index contributed by atoms with van der Waals surface area (Å²) in [6.07, 6.45) is 14.2. The molecule has 2 saturated carbocycles. The number of anilines is 1. The number of aromatic hydroxyl groups is 1. The van der Waals surface area contributed by atoms with Gasteiger partial charge in [0.05, 0.1) is 24.2 Å². The maximum absolute atomic E-state index is 13.8. The molecule has 0 saturated heterocycles. The molecule has 2 fully saturated rings. The van der Waals surface area contributed by atoms with Crippen LogP contribution in [0.2, 0.25) is 0 Å². The Morgan fingerprint density at radius 3 is 2.44 bits per heavy atom. The smallest absolute Gasteiger partial charge is 0.270 e. The number of carbonyl (C=O) groups is 2. The summed E-state index contributed by atoms with van der Waals surface area (Å²) in [5.41, 5.74) is 3.50. The largest absolute Gasteiger partial charge is 0.506 e. The van der Waals surface area contributed by atoms with Crippen molar-refractivity contribution in [3.63, 3.8) is 0 Å². The number of aromatic nitrogens is 5. The third-order valence-corrected chi connectivity index (χ3v) is 9.73. The predicted molar refractivity (Wildman–Crippen MR) is 170 cm³/mol. The van der Waals surface area contributed by atoms with Gasteiger partial charge in [0, 0.05) is 35.8 Å². The van der Waals surface area contributed by atoms with E-state index in [4.69, 9.17) is 4.74 Å². The van der Waals surface area contributed by atoms with Crippen molar-refractivity contribution in [3.8, 4) is 17.0 Å². The third kappa shape index (κ3) is 7.41. The van der Waals surface area contributed by atoms with Gasteiger partial charge in [-0.25, -0.2) is 14.7 Å². The molecule has 43 heavy (non-hydrogen) atoms. The summed E-state index contributed by atoms with van der Waals surface area (Å²) in [6, 6.07) is 2.48. The van der Waals surface area contributed by atoms with E-state index in [9.17, 15) is 14.7 Å². The van der Waals surface area contributed by atoms with Gasteiger partial charge in [0.1, 0.15) is 29.9 Å². The van der Waals surface area contributed by atoms with Crippen LogP contribution in [-0.4, -0.2) is 78.6 Å². The normalized spacial score (nSPS) is 16.3. The first-order valence-corrected chi connectivity index (χ1v) is 18.1. The van der Waals surface area contributed by atoms with Crippen molar-refractivity contribution in [1.82, 2.24) is 29.9 Å². The second-order valence-corrected chi connectivity index (χ2v) is 17.3. The quantitative estimate of drug-likeness (QED) is 0.231. The standard InChI is InChI=1S/C31H45N7O4S/c1-7-37-24(12-13-33-37)30(40)35-29(27(21-8-9-21)22-10-11-22)31(41)34-23-16-25(39)28(32-17-23)26-19(2)36-38(20(26)3)18-42-14-15-43(4,5)6/h12-13,16-17,21-22,27,29,39H,7-11,14-15,18H2,1-6H3,(H,34,41)(H,35,40). The Balaban J connectivity index is 1.31. The fourth-order valence-corrected chi connectivity index (χ4v) is 6.40. The molecule has 3 aromatic rings. The number of aryl methyl sites for hydroxylation is 2. The van der Waals surface area contributed by atoms with Crippen molar-refractivity contribution >= 4 is 27.5 Å². The monoisotopic (exact) mass is 611 g/mol. The number of pyridine rings is 1.